The summed E-state index contributed by atoms with van der Waals surface area (Å²) in [5.41, 5.74) is 2.59. The topological polar surface area (TPSA) is 49.3 Å². The van der Waals surface area contributed by atoms with E-state index in [2.05, 4.69) is 5.32 Å². The molecule has 22 heavy (non-hydrogen) atoms. The Morgan fingerprint density at radius 1 is 1.14 bits per heavy atom. The molecule has 1 saturated carbocycles. The Labute approximate surface area is 131 Å². The minimum absolute atomic E-state index is 0.0198. The van der Waals surface area contributed by atoms with Gasteiger partial charge in [0, 0.05) is 6.54 Å². The zero-order valence-corrected chi connectivity index (χ0v) is 12.8. The summed E-state index contributed by atoms with van der Waals surface area (Å²) in [6.45, 7) is 2.21. The van der Waals surface area contributed by atoms with E-state index in [1.807, 2.05) is 61.5 Å². The summed E-state index contributed by atoms with van der Waals surface area (Å²) in [6, 6.07) is 17.6. The van der Waals surface area contributed by atoms with Crippen LogP contribution >= 0.6 is 0 Å². The van der Waals surface area contributed by atoms with E-state index in [1.165, 1.54) is 0 Å². The Morgan fingerprint density at radius 2 is 1.77 bits per heavy atom. The van der Waals surface area contributed by atoms with E-state index < -0.39 is 6.10 Å². The second kappa shape index (κ2) is 5.93. The van der Waals surface area contributed by atoms with Gasteiger partial charge in [-0.2, -0.15) is 0 Å². The van der Waals surface area contributed by atoms with Crippen LogP contribution in [0.5, 0.6) is 0 Å². The number of hydrogen-bond acceptors (Lipinski definition) is 2. The molecule has 0 bridgehead atoms. The minimum Gasteiger partial charge on any atom is -0.387 e. The first-order valence-corrected chi connectivity index (χ1v) is 7.71. The molecular weight excluding hydrogens is 274 g/mol. The molecule has 0 unspecified atom stereocenters. The molecule has 0 spiro atoms. The predicted molar refractivity (Wildman–Crippen MR) is 86.5 cm³/mol. The maximum absolute atomic E-state index is 12.5. The molecule has 114 valence electrons. The summed E-state index contributed by atoms with van der Waals surface area (Å²) in [4.78, 5) is 12.5. The molecule has 2 aromatic carbocycles. The Kier molecular flexibility index (Phi) is 3.99. The molecule has 1 amide bonds. The van der Waals surface area contributed by atoms with Crippen LogP contribution in [0, 0.1) is 6.92 Å². The Morgan fingerprint density at radius 3 is 2.41 bits per heavy atom. The van der Waals surface area contributed by atoms with Gasteiger partial charge in [0.15, 0.2) is 0 Å². The van der Waals surface area contributed by atoms with Gasteiger partial charge in [0.2, 0.25) is 5.91 Å². The summed E-state index contributed by atoms with van der Waals surface area (Å²) >= 11 is 0. The molecule has 0 radical (unpaired) electrons. The van der Waals surface area contributed by atoms with Gasteiger partial charge in [-0.3, -0.25) is 4.79 Å². The first-order valence-electron chi connectivity index (χ1n) is 7.71. The van der Waals surface area contributed by atoms with Crippen molar-refractivity contribution in [2.45, 2.75) is 31.3 Å². The van der Waals surface area contributed by atoms with Crippen molar-refractivity contribution in [3.05, 3.63) is 71.3 Å². The summed E-state index contributed by atoms with van der Waals surface area (Å²) < 4.78 is 0. The van der Waals surface area contributed by atoms with Crippen molar-refractivity contribution in [3.63, 3.8) is 0 Å². The highest BCUT2D eigenvalue weighted by Gasteiger charge is 2.51. The van der Waals surface area contributed by atoms with Gasteiger partial charge >= 0.3 is 0 Å². The molecule has 0 aromatic heterocycles. The fourth-order valence-corrected chi connectivity index (χ4v) is 2.96. The fraction of sp³-hybridized carbons (Fsp3) is 0.316. The first kappa shape index (κ1) is 14.8. The average Bonchev–Trinajstić information content (AvgIpc) is 3.35. The van der Waals surface area contributed by atoms with Crippen molar-refractivity contribution >= 4 is 5.91 Å². The highest BCUT2D eigenvalue weighted by molar-refractivity contribution is 5.91. The third-order valence-electron chi connectivity index (χ3n) is 4.51. The number of carbonyl (C=O) groups is 1. The molecule has 3 nitrogen and oxygen atoms in total. The standard InChI is InChI=1S/C19H21NO2/c1-14-7-5-6-10-16(14)17(21)13-20-18(22)19(11-12-19)15-8-3-2-4-9-15/h2-10,17,21H,11-13H2,1H3,(H,20,22)/t17-/m0/s1. The molecule has 3 heteroatoms. The minimum atomic E-state index is -0.670. The third-order valence-corrected chi connectivity index (χ3v) is 4.51. The summed E-state index contributed by atoms with van der Waals surface area (Å²) in [7, 11) is 0. The smallest absolute Gasteiger partial charge is 0.230 e. The molecular formula is C19H21NO2. The lowest BCUT2D eigenvalue weighted by molar-refractivity contribution is -0.124. The number of nitrogens with one attached hydrogen (secondary N) is 1. The van der Waals surface area contributed by atoms with E-state index in [0.29, 0.717) is 0 Å². The van der Waals surface area contributed by atoms with Gasteiger partial charge in [-0.15, -0.1) is 0 Å². The average molecular weight is 295 g/mol. The summed E-state index contributed by atoms with van der Waals surface area (Å²) in [5, 5.41) is 13.2. The lowest BCUT2D eigenvalue weighted by Crippen LogP contribution is -2.37. The molecule has 0 saturated heterocycles. The predicted octanol–water partition coefficient (Wildman–Crippen LogP) is 2.88. The van der Waals surface area contributed by atoms with Crippen LogP contribution in [0.3, 0.4) is 0 Å². The number of carbonyl (C=O) groups excluding carboxylic acids is 1. The molecule has 1 atom stereocenters. The third kappa shape index (κ3) is 2.77. The van der Waals surface area contributed by atoms with E-state index in [4.69, 9.17) is 0 Å². The Balaban J connectivity index is 1.65. The monoisotopic (exact) mass is 295 g/mol. The van der Waals surface area contributed by atoms with Crippen LogP contribution in [0.15, 0.2) is 54.6 Å². The van der Waals surface area contributed by atoms with Crippen LogP contribution in [0.2, 0.25) is 0 Å². The van der Waals surface area contributed by atoms with Crippen LogP contribution < -0.4 is 5.32 Å². The molecule has 2 N–H and O–H groups in total. The maximum atomic E-state index is 12.5. The molecule has 3 rings (SSSR count). The number of aliphatic hydroxyl groups is 1. The van der Waals surface area contributed by atoms with E-state index in [9.17, 15) is 9.90 Å². The second-order valence-electron chi connectivity index (χ2n) is 6.03. The zero-order valence-electron chi connectivity index (χ0n) is 12.8. The van der Waals surface area contributed by atoms with E-state index in [0.717, 1.165) is 29.5 Å². The van der Waals surface area contributed by atoms with Crippen molar-refractivity contribution in [3.8, 4) is 0 Å². The maximum Gasteiger partial charge on any atom is 0.230 e. The number of benzene rings is 2. The molecule has 0 heterocycles. The lowest BCUT2D eigenvalue weighted by atomic mass is 9.95. The number of aliphatic hydroxyl groups excluding tert-OH is 1. The SMILES string of the molecule is Cc1ccccc1[C@@H](O)CNC(=O)C1(c2ccccc2)CC1. The van der Waals surface area contributed by atoms with Crippen molar-refractivity contribution in [1.82, 2.24) is 5.32 Å². The molecule has 0 aliphatic heterocycles. The first-order chi connectivity index (χ1) is 10.6. The zero-order chi connectivity index (χ0) is 15.6. The highest BCUT2D eigenvalue weighted by atomic mass is 16.3. The van der Waals surface area contributed by atoms with Crippen molar-refractivity contribution in [2.75, 3.05) is 6.54 Å². The van der Waals surface area contributed by atoms with Gasteiger partial charge in [0.25, 0.3) is 0 Å². The van der Waals surface area contributed by atoms with Crippen molar-refractivity contribution < 1.29 is 9.90 Å². The van der Waals surface area contributed by atoms with Gasteiger partial charge in [-0.25, -0.2) is 0 Å². The van der Waals surface area contributed by atoms with Crippen molar-refractivity contribution in [2.24, 2.45) is 0 Å². The summed E-state index contributed by atoms with van der Waals surface area (Å²) in [5.74, 6) is 0.0198. The van der Waals surface area contributed by atoms with Gasteiger partial charge in [0.05, 0.1) is 11.5 Å². The normalized spacial score (nSPS) is 16.8. The van der Waals surface area contributed by atoms with Gasteiger partial charge < -0.3 is 10.4 Å². The Bertz CT molecular complexity index is 662. The van der Waals surface area contributed by atoms with E-state index >= 15 is 0 Å². The molecule has 2 aromatic rings. The van der Waals surface area contributed by atoms with Crippen LogP contribution in [0.25, 0.3) is 0 Å². The number of aryl methyl sites for hydroxylation is 1. The lowest BCUT2D eigenvalue weighted by Gasteiger charge is -2.19. The van der Waals surface area contributed by atoms with Crippen LogP contribution in [0.1, 0.15) is 35.6 Å². The molecule has 1 fully saturated rings. The quantitative estimate of drug-likeness (QED) is 0.891. The van der Waals surface area contributed by atoms with Crippen LogP contribution in [-0.4, -0.2) is 17.6 Å². The number of hydrogen-bond donors (Lipinski definition) is 2. The van der Waals surface area contributed by atoms with Crippen molar-refractivity contribution in [1.29, 1.82) is 0 Å². The Hall–Kier alpha value is -2.13. The van der Waals surface area contributed by atoms with Crippen LogP contribution in [-0.2, 0) is 10.2 Å². The fourth-order valence-electron chi connectivity index (χ4n) is 2.96. The summed E-state index contributed by atoms with van der Waals surface area (Å²) in [6.07, 6.45) is 1.09. The largest absolute Gasteiger partial charge is 0.387 e. The number of rotatable bonds is 5. The van der Waals surface area contributed by atoms with Crippen LogP contribution in [0.4, 0.5) is 0 Å². The molecule has 1 aliphatic rings. The van der Waals surface area contributed by atoms with E-state index in [-0.39, 0.29) is 17.9 Å². The van der Waals surface area contributed by atoms with E-state index in [1.54, 1.807) is 0 Å². The van der Waals surface area contributed by atoms with Gasteiger partial charge in [-0.05, 0) is 36.5 Å². The highest BCUT2D eigenvalue weighted by Crippen LogP contribution is 2.48. The second-order valence-corrected chi connectivity index (χ2v) is 6.03. The van der Waals surface area contributed by atoms with Gasteiger partial charge in [0.1, 0.15) is 0 Å². The van der Waals surface area contributed by atoms with Gasteiger partial charge in [-0.1, -0.05) is 54.6 Å². The number of amides is 1. The molecule has 1 aliphatic carbocycles.